The second-order valence-corrected chi connectivity index (χ2v) is 9.95. The molecular formula is C28H35N5O2. The van der Waals surface area contributed by atoms with Crippen molar-refractivity contribution in [1.82, 2.24) is 25.3 Å². The van der Waals surface area contributed by atoms with Crippen LogP contribution in [-0.4, -0.2) is 52.0 Å². The van der Waals surface area contributed by atoms with Crippen molar-refractivity contribution in [2.45, 2.75) is 52.2 Å². The zero-order valence-electron chi connectivity index (χ0n) is 20.6. The van der Waals surface area contributed by atoms with Crippen LogP contribution in [0.2, 0.25) is 0 Å². The van der Waals surface area contributed by atoms with Gasteiger partial charge in [0.2, 0.25) is 17.6 Å². The summed E-state index contributed by atoms with van der Waals surface area (Å²) < 4.78 is 5.49. The van der Waals surface area contributed by atoms with E-state index in [1.54, 1.807) is 0 Å². The normalized spacial score (nSPS) is 17.6. The predicted octanol–water partition coefficient (Wildman–Crippen LogP) is 4.17. The smallest absolute Gasteiger partial charge is 0.241 e. The first kappa shape index (κ1) is 23.7. The summed E-state index contributed by atoms with van der Waals surface area (Å²) >= 11 is 0. The van der Waals surface area contributed by atoms with Crippen molar-refractivity contribution in [2.24, 2.45) is 5.92 Å². The highest BCUT2D eigenvalue weighted by Gasteiger charge is 2.26. The van der Waals surface area contributed by atoms with E-state index < -0.39 is 0 Å². The Morgan fingerprint density at radius 2 is 1.71 bits per heavy atom. The van der Waals surface area contributed by atoms with Crippen LogP contribution in [-0.2, 0) is 24.4 Å². The van der Waals surface area contributed by atoms with Gasteiger partial charge in [-0.05, 0) is 76.0 Å². The van der Waals surface area contributed by atoms with Gasteiger partial charge in [-0.25, -0.2) is 0 Å². The molecule has 1 aromatic heterocycles. The number of piperidine rings is 1. The van der Waals surface area contributed by atoms with Gasteiger partial charge in [0, 0.05) is 24.6 Å². The lowest BCUT2D eigenvalue weighted by Gasteiger charge is -2.30. The van der Waals surface area contributed by atoms with Crippen LogP contribution < -0.4 is 5.32 Å². The highest BCUT2D eigenvalue weighted by molar-refractivity contribution is 5.78. The largest absolute Gasteiger partial charge is 0.352 e. The van der Waals surface area contributed by atoms with Crippen molar-refractivity contribution in [2.75, 3.05) is 26.2 Å². The number of carbonyl (C=O) groups is 1. The monoisotopic (exact) mass is 473 g/mol. The Kier molecular flexibility index (Phi) is 7.54. The molecule has 0 unspecified atom stereocenters. The van der Waals surface area contributed by atoms with Crippen LogP contribution in [0.4, 0.5) is 0 Å². The Labute approximate surface area is 207 Å². The maximum Gasteiger partial charge on any atom is 0.241 e. The SMILES string of the molecule is Cc1cccc(-c2noc(CN3CCC(C(=O)NCc4cccc(CN5CCCC5)c4)CC3)n2)c1. The fraction of sp³-hybridized carbons (Fsp3) is 0.464. The van der Waals surface area contributed by atoms with Crippen LogP contribution in [0.15, 0.2) is 53.1 Å². The van der Waals surface area contributed by atoms with Gasteiger partial charge in [0.1, 0.15) is 0 Å². The lowest BCUT2D eigenvalue weighted by Crippen LogP contribution is -2.40. The third-order valence-corrected chi connectivity index (χ3v) is 7.12. The van der Waals surface area contributed by atoms with Gasteiger partial charge in [-0.2, -0.15) is 4.98 Å². The molecule has 184 valence electrons. The molecule has 0 spiro atoms. The second-order valence-electron chi connectivity index (χ2n) is 9.95. The van der Waals surface area contributed by atoms with Gasteiger partial charge in [0.15, 0.2) is 0 Å². The Morgan fingerprint density at radius 3 is 2.51 bits per heavy atom. The van der Waals surface area contributed by atoms with Crippen molar-refractivity contribution in [3.63, 3.8) is 0 Å². The molecular weight excluding hydrogens is 438 g/mol. The molecule has 0 aliphatic carbocycles. The van der Waals surface area contributed by atoms with E-state index >= 15 is 0 Å². The van der Waals surface area contributed by atoms with E-state index in [0.717, 1.165) is 38.0 Å². The third kappa shape index (κ3) is 6.35. The molecule has 2 fully saturated rings. The van der Waals surface area contributed by atoms with Gasteiger partial charge >= 0.3 is 0 Å². The lowest BCUT2D eigenvalue weighted by atomic mass is 9.96. The van der Waals surface area contributed by atoms with Gasteiger partial charge in [0.05, 0.1) is 6.54 Å². The Morgan fingerprint density at radius 1 is 0.971 bits per heavy atom. The number of aromatic nitrogens is 2. The number of aryl methyl sites for hydroxylation is 1. The summed E-state index contributed by atoms with van der Waals surface area (Å²) in [7, 11) is 0. The summed E-state index contributed by atoms with van der Waals surface area (Å²) in [4.78, 5) is 22.2. The molecule has 35 heavy (non-hydrogen) atoms. The molecule has 2 aliphatic heterocycles. The van der Waals surface area contributed by atoms with Gasteiger partial charge < -0.3 is 9.84 Å². The van der Waals surface area contributed by atoms with Crippen molar-refractivity contribution in [1.29, 1.82) is 0 Å². The zero-order valence-corrected chi connectivity index (χ0v) is 20.6. The van der Waals surface area contributed by atoms with Crippen LogP contribution in [0.25, 0.3) is 11.4 Å². The Hall–Kier alpha value is -3.03. The van der Waals surface area contributed by atoms with Crippen LogP contribution in [0.1, 0.15) is 48.3 Å². The predicted molar refractivity (Wildman–Crippen MR) is 135 cm³/mol. The molecule has 0 radical (unpaired) electrons. The highest BCUT2D eigenvalue weighted by atomic mass is 16.5. The molecule has 0 bridgehead atoms. The zero-order chi connectivity index (χ0) is 24.0. The number of benzene rings is 2. The summed E-state index contributed by atoms with van der Waals surface area (Å²) in [5, 5.41) is 7.31. The van der Waals surface area contributed by atoms with Crippen molar-refractivity contribution < 1.29 is 9.32 Å². The first-order valence-electron chi connectivity index (χ1n) is 12.8. The quantitative estimate of drug-likeness (QED) is 0.529. The van der Waals surface area contributed by atoms with E-state index in [-0.39, 0.29) is 11.8 Å². The molecule has 7 nitrogen and oxygen atoms in total. The van der Waals surface area contributed by atoms with Gasteiger partial charge in [0.25, 0.3) is 0 Å². The maximum atomic E-state index is 12.8. The summed E-state index contributed by atoms with van der Waals surface area (Å²) in [5.74, 6) is 1.47. The topological polar surface area (TPSA) is 74.5 Å². The van der Waals surface area contributed by atoms with Crippen molar-refractivity contribution in [3.8, 4) is 11.4 Å². The van der Waals surface area contributed by atoms with E-state index in [1.807, 2.05) is 12.1 Å². The average molecular weight is 474 g/mol. The van der Waals surface area contributed by atoms with Gasteiger partial charge in [-0.1, -0.05) is 53.2 Å². The number of carbonyl (C=O) groups excluding carboxylic acids is 1. The van der Waals surface area contributed by atoms with E-state index in [0.29, 0.717) is 24.8 Å². The number of nitrogens with zero attached hydrogens (tertiary/aromatic N) is 4. The fourth-order valence-electron chi connectivity index (χ4n) is 5.14. The van der Waals surface area contributed by atoms with E-state index in [4.69, 9.17) is 4.52 Å². The molecule has 7 heteroatoms. The number of nitrogens with one attached hydrogen (secondary N) is 1. The van der Waals surface area contributed by atoms with Crippen molar-refractivity contribution in [3.05, 3.63) is 71.1 Å². The Bertz CT molecular complexity index is 1130. The minimum Gasteiger partial charge on any atom is -0.352 e. The van der Waals surface area contributed by atoms with Crippen LogP contribution >= 0.6 is 0 Å². The summed E-state index contributed by atoms with van der Waals surface area (Å²) in [5.41, 5.74) is 4.65. The number of hydrogen-bond donors (Lipinski definition) is 1. The Balaban J connectivity index is 1.07. The average Bonchev–Trinajstić information content (AvgIpc) is 3.56. The molecule has 3 heterocycles. The second kappa shape index (κ2) is 11.1. The van der Waals surface area contributed by atoms with Crippen LogP contribution in [0, 0.1) is 12.8 Å². The molecule has 2 aliphatic rings. The maximum absolute atomic E-state index is 12.8. The molecule has 2 saturated heterocycles. The number of likely N-dealkylation sites (tertiary alicyclic amines) is 2. The number of hydrogen-bond acceptors (Lipinski definition) is 6. The molecule has 5 rings (SSSR count). The number of rotatable bonds is 8. The third-order valence-electron chi connectivity index (χ3n) is 7.12. The lowest BCUT2D eigenvalue weighted by molar-refractivity contribution is -0.126. The minimum atomic E-state index is 0.0598. The first-order chi connectivity index (χ1) is 17.1. The van der Waals surface area contributed by atoms with Crippen LogP contribution in [0.5, 0.6) is 0 Å². The first-order valence-corrected chi connectivity index (χ1v) is 12.8. The summed E-state index contributed by atoms with van der Waals surface area (Å²) in [6.45, 7) is 8.37. The van der Waals surface area contributed by atoms with Gasteiger partial charge in [-0.3, -0.25) is 14.6 Å². The van der Waals surface area contributed by atoms with E-state index in [1.165, 1.54) is 42.6 Å². The standard InChI is InChI=1S/C28H35N5O2/c1-21-6-4-9-25(16-21)27-30-26(35-31-27)20-33-14-10-24(11-15-33)28(34)29-18-22-7-5-8-23(17-22)19-32-12-2-3-13-32/h4-9,16-17,24H,2-3,10-15,18-20H2,1H3,(H,29,34). The molecule has 1 N–H and O–H groups in total. The van der Waals surface area contributed by atoms with Crippen LogP contribution in [0.3, 0.4) is 0 Å². The summed E-state index contributed by atoms with van der Waals surface area (Å²) in [6.07, 6.45) is 4.30. The van der Waals surface area contributed by atoms with E-state index in [2.05, 4.69) is 68.6 Å². The minimum absolute atomic E-state index is 0.0598. The molecule has 0 saturated carbocycles. The fourth-order valence-corrected chi connectivity index (χ4v) is 5.14. The highest BCUT2D eigenvalue weighted by Crippen LogP contribution is 2.21. The number of amides is 1. The molecule has 1 amide bonds. The molecule has 0 atom stereocenters. The molecule has 2 aromatic carbocycles. The van der Waals surface area contributed by atoms with Crippen molar-refractivity contribution >= 4 is 5.91 Å². The summed E-state index contributed by atoms with van der Waals surface area (Å²) in [6, 6.07) is 16.7. The van der Waals surface area contributed by atoms with Gasteiger partial charge in [-0.15, -0.1) is 0 Å². The molecule has 3 aromatic rings. The van der Waals surface area contributed by atoms with E-state index in [9.17, 15) is 4.79 Å².